The van der Waals surface area contributed by atoms with Crippen LogP contribution in [0.5, 0.6) is 0 Å². The molecule has 0 atom stereocenters. The van der Waals surface area contributed by atoms with Gasteiger partial charge >= 0.3 is 59.1 Å². The molecule has 0 aromatic rings. The summed E-state index contributed by atoms with van der Waals surface area (Å²) in [6, 6.07) is 0. The Hall–Kier alpha value is -0.820. The summed E-state index contributed by atoms with van der Waals surface area (Å²) in [5.41, 5.74) is 0.883. The molecule has 2 amide bonds. The van der Waals surface area contributed by atoms with Crippen LogP contribution in [0.15, 0.2) is 34.3 Å². The van der Waals surface area contributed by atoms with Crippen molar-refractivity contribution in [1.82, 2.24) is 9.80 Å². The Labute approximate surface area is 382 Å². The number of nitrogens with zero attached hydrogens (tertiary/aromatic N) is 4. The summed E-state index contributed by atoms with van der Waals surface area (Å²) in [7, 11) is -8.43. The maximum Gasteiger partial charge on any atom is 1.00 e. The van der Waals surface area contributed by atoms with Crippen molar-refractivity contribution in [3.8, 4) is 0 Å². The summed E-state index contributed by atoms with van der Waals surface area (Å²) in [5, 5.41) is 22.9. The van der Waals surface area contributed by atoms with Crippen LogP contribution in [-0.2, 0) is 29.8 Å². The fourth-order valence-electron chi connectivity index (χ4n) is 5.68. The van der Waals surface area contributed by atoms with E-state index in [4.69, 9.17) is 0 Å². The molecule has 14 nitrogen and oxygen atoms in total. The second-order valence-electron chi connectivity index (χ2n) is 14.1. The predicted octanol–water partition coefficient (Wildman–Crippen LogP) is -1.10. The zero-order valence-electron chi connectivity index (χ0n) is 35.0. The Bertz CT molecular complexity index is 1290. The molecule has 0 aliphatic heterocycles. The van der Waals surface area contributed by atoms with Crippen LogP contribution in [0, 0.1) is 0 Å². The van der Waals surface area contributed by atoms with Crippen LogP contribution >= 0.6 is 0 Å². The van der Waals surface area contributed by atoms with Crippen LogP contribution in [0.3, 0.4) is 0 Å². The van der Waals surface area contributed by atoms with E-state index >= 15 is 0 Å². The topological polar surface area (TPSA) is 220 Å². The smallest absolute Gasteiger partial charge is 0.859 e. The maximum absolute atomic E-state index is 13.2. The molecule has 2 N–H and O–H groups in total. The van der Waals surface area contributed by atoms with Crippen LogP contribution in [0.4, 0.5) is 0 Å². The molecule has 56 heavy (non-hydrogen) atoms. The summed E-state index contributed by atoms with van der Waals surface area (Å²) in [5.74, 6) is -1.86. The molecule has 0 saturated heterocycles. The molecule has 0 heterocycles. The molecule has 0 unspecified atom stereocenters. The summed E-state index contributed by atoms with van der Waals surface area (Å²) < 4.78 is 63.7. The molecule has 0 spiro atoms. The first-order chi connectivity index (χ1) is 25.4. The van der Waals surface area contributed by atoms with E-state index in [0.29, 0.717) is 37.1 Å². The van der Waals surface area contributed by atoms with E-state index in [2.05, 4.69) is 23.1 Å². The van der Waals surface area contributed by atoms with Gasteiger partial charge in [0.2, 0.25) is 11.8 Å². The van der Waals surface area contributed by atoms with E-state index in [1.807, 2.05) is 0 Å². The average Bonchev–Trinajstić information content (AvgIpc) is 3.08. The van der Waals surface area contributed by atoms with Crippen LogP contribution in [0.1, 0.15) is 142 Å². The predicted molar refractivity (Wildman–Crippen MR) is 213 cm³/mol. The summed E-state index contributed by atoms with van der Waals surface area (Å²) in [6.07, 6.45) is 15.4. The molecule has 0 saturated carbocycles. The van der Waals surface area contributed by atoms with Crippen molar-refractivity contribution in [1.29, 1.82) is 0 Å². The Morgan fingerprint density at radius 2 is 0.768 bits per heavy atom. The molecule has 0 rings (SSSR count). The maximum atomic E-state index is 13.2. The summed E-state index contributed by atoms with van der Waals surface area (Å²) in [4.78, 5) is 37.3. The zero-order valence-corrected chi connectivity index (χ0v) is 40.6. The second-order valence-corrected chi connectivity index (χ2v) is 17.3. The van der Waals surface area contributed by atoms with E-state index in [1.165, 1.54) is 9.80 Å². The van der Waals surface area contributed by atoms with E-state index < -0.39 is 31.7 Å². The van der Waals surface area contributed by atoms with Crippen molar-refractivity contribution < 1.29 is 105 Å². The number of carbonyl (C=O) groups is 2. The van der Waals surface area contributed by atoms with Gasteiger partial charge in [-0.3, -0.25) is 18.7 Å². The molecule has 18 heteroatoms. The number of rotatable bonds is 35. The van der Waals surface area contributed by atoms with Gasteiger partial charge in [-0.2, -0.15) is 16.8 Å². The van der Waals surface area contributed by atoms with Gasteiger partial charge in [0.05, 0.1) is 11.5 Å². The molecule has 0 radical (unpaired) electrons. The molecule has 0 fully saturated rings. The van der Waals surface area contributed by atoms with Gasteiger partial charge in [-0.05, 0) is 75.3 Å². The minimum atomic E-state index is -4.22. The van der Waals surface area contributed by atoms with Gasteiger partial charge in [0.25, 0.3) is 20.2 Å². The van der Waals surface area contributed by atoms with E-state index in [9.17, 15) is 45.7 Å². The van der Waals surface area contributed by atoms with E-state index in [1.54, 1.807) is 13.8 Å². The van der Waals surface area contributed by atoms with Gasteiger partial charge in [0, 0.05) is 52.1 Å². The third kappa shape index (κ3) is 37.5. The normalized spacial score (nSPS) is 12.1. The number of amides is 2. The fourth-order valence-corrected chi connectivity index (χ4v) is 6.67. The molecular formula is C38H68N4Na2O10S2. The number of hydrogen-bond acceptors (Lipinski definition) is 10. The Kier molecular flexibility index (Phi) is 38.3. The second kappa shape index (κ2) is 36.1. The summed E-state index contributed by atoms with van der Waals surface area (Å²) in [6.45, 7) is 11.9. The van der Waals surface area contributed by atoms with Gasteiger partial charge < -0.3 is 30.0 Å². The van der Waals surface area contributed by atoms with Gasteiger partial charge in [0.1, 0.15) is 0 Å². The van der Waals surface area contributed by atoms with Gasteiger partial charge in [-0.1, -0.05) is 90.2 Å². The zero-order chi connectivity index (χ0) is 40.8. The van der Waals surface area contributed by atoms with Crippen molar-refractivity contribution >= 4 is 43.8 Å². The first-order valence-electron chi connectivity index (χ1n) is 19.6. The molecule has 0 aliphatic rings. The molecule has 0 aliphatic carbocycles. The van der Waals surface area contributed by atoms with Crippen LogP contribution in [-0.4, -0.2) is 110 Å². The third-order valence-electron chi connectivity index (χ3n) is 8.84. The standard InChI is InChI=1S/C38H70N4O10S2.2Na/c1-33(2)37(45)39-25-19-15-11-7-5-9-13-17-23-35(43)41(27-21-31-53(47,48)49)29-30-42(28-22-32-54(50,51)52)36(44)24-18-14-10-6-8-12-16-20-26-40-38(46)34(3)4;;/h1,3,5-32H2,2,4H3,(H,39,45)(H,40,46)(H,47,48,49)(H,50,51,52);;/q;2*+1/p-2. The SMILES string of the molecule is C=C(C)C([O-])=NCCCCCCCCCCC(=O)N(CCCS(=O)(=O)O)CCN(CCCS(=O)(=O)O)C(=O)CCCCCCCCCCN=C([O-])C(=C)C.[Na+].[Na+]. The van der Waals surface area contributed by atoms with Gasteiger partial charge in [-0.15, -0.1) is 0 Å². The number of carbonyl (C=O) groups excluding carboxylic acids is 2. The van der Waals surface area contributed by atoms with Crippen LogP contribution < -0.4 is 69.3 Å². The third-order valence-corrected chi connectivity index (χ3v) is 10.5. The number of hydrogen-bond donors (Lipinski definition) is 2. The monoisotopic (exact) mass is 850 g/mol. The van der Waals surface area contributed by atoms with E-state index in [0.717, 1.165) is 89.9 Å². The molecule has 0 aromatic heterocycles. The van der Waals surface area contributed by atoms with Crippen molar-refractivity contribution in [3.05, 3.63) is 24.3 Å². The molecular weight excluding hydrogens is 783 g/mol. The van der Waals surface area contributed by atoms with Gasteiger partial charge in [-0.25, -0.2) is 0 Å². The Balaban J connectivity index is -0.0000140. The Morgan fingerprint density at radius 1 is 0.500 bits per heavy atom. The van der Waals surface area contributed by atoms with Crippen molar-refractivity contribution in [3.63, 3.8) is 0 Å². The largest absolute Gasteiger partial charge is 1.00 e. The van der Waals surface area contributed by atoms with Gasteiger partial charge in [0.15, 0.2) is 0 Å². The van der Waals surface area contributed by atoms with Crippen molar-refractivity contribution in [2.75, 3.05) is 50.8 Å². The first-order valence-corrected chi connectivity index (χ1v) is 22.8. The average molecular weight is 851 g/mol. The number of aliphatic imine (C=N–C) groups is 2. The molecule has 0 aromatic carbocycles. The minimum Gasteiger partial charge on any atom is -0.859 e. The minimum absolute atomic E-state index is 0. The molecule has 0 bridgehead atoms. The van der Waals surface area contributed by atoms with Crippen LogP contribution in [0.25, 0.3) is 0 Å². The quantitative estimate of drug-likeness (QED) is 0.0258. The summed E-state index contributed by atoms with van der Waals surface area (Å²) >= 11 is 0. The molecule has 314 valence electrons. The number of unbranched alkanes of at least 4 members (excludes halogenated alkanes) is 14. The fraction of sp³-hybridized carbons (Fsp3) is 0.789. The van der Waals surface area contributed by atoms with Crippen molar-refractivity contribution in [2.45, 2.75) is 142 Å². The first kappa shape index (κ1) is 59.5. The van der Waals surface area contributed by atoms with E-state index in [-0.39, 0.29) is 135 Å². The van der Waals surface area contributed by atoms with Crippen molar-refractivity contribution in [2.24, 2.45) is 9.98 Å². The van der Waals surface area contributed by atoms with Crippen LogP contribution in [0.2, 0.25) is 0 Å². The Morgan fingerprint density at radius 3 is 1.04 bits per heavy atom.